The molecule has 0 aromatic heterocycles. The van der Waals surface area contributed by atoms with Crippen molar-refractivity contribution in [1.82, 2.24) is 15.1 Å². The van der Waals surface area contributed by atoms with Crippen LogP contribution in [0.4, 0.5) is 14.9 Å². The number of nitrogens with one attached hydrogen (secondary N) is 1. The van der Waals surface area contributed by atoms with Crippen molar-refractivity contribution in [2.24, 2.45) is 0 Å². The van der Waals surface area contributed by atoms with E-state index in [1.807, 2.05) is 37.3 Å². The number of urea groups is 1. The average Bonchev–Trinajstić information content (AvgIpc) is 3.05. The maximum Gasteiger partial charge on any atom is 0.325 e. The van der Waals surface area contributed by atoms with E-state index in [2.05, 4.69) is 10.2 Å². The highest BCUT2D eigenvalue weighted by Gasteiger charge is 2.51. The number of imide groups is 1. The van der Waals surface area contributed by atoms with Crippen LogP contribution < -0.4 is 10.2 Å². The lowest BCUT2D eigenvalue weighted by atomic mass is 9.87. The minimum Gasteiger partial charge on any atom is -0.368 e. The molecular formula is C23H25FN4O3. The van der Waals surface area contributed by atoms with Gasteiger partial charge in [0.1, 0.15) is 17.9 Å². The Morgan fingerprint density at radius 2 is 1.65 bits per heavy atom. The van der Waals surface area contributed by atoms with E-state index in [0.717, 1.165) is 10.6 Å². The quantitative estimate of drug-likeness (QED) is 0.748. The van der Waals surface area contributed by atoms with Gasteiger partial charge in [-0.25, -0.2) is 9.18 Å². The van der Waals surface area contributed by atoms with Crippen molar-refractivity contribution in [3.63, 3.8) is 0 Å². The van der Waals surface area contributed by atoms with E-state index in [-0.39, 0.29) is 18.3 Å². The van der Waals surface area contributed by atoms with Gasteiger partial charge in [-0.15, -0.1) is 0 Å². The number of amides is 4. The van der Waals surface area contributed by atoms with Crippen LogP contribution in [-0.2, 0) is 15.1 Å². The summed E-state index contributed by atoms with van der Waals surface area (Å²) in [6.45, 7) is 3.69. The molecule has 2 saturated heterocycles. The molecule has 0 bridgehead atoms. The lowest BCUT2D eigenvalue weighted by Crippen LogP contribution is -2.52. The fourth-order valence-electron chi connectivity index (χ4n) is 4.23. The van der Waals surface area contributed by atoms with Crippen LogP contribution in [0, 0.1) is 5.82 Å². The average molecular weight is 424 g/mol. The van der Waals surface area contributed by atoms with E-state index in [9.17, 15) is 18.8 Å². The third-order valence-electron chi connectivity index (χ3n) is 6.09. The lowest BCUT2D eigenvalue weighted by molar-refractivity contribution is -0.139. The summed E-state index contributed by atoms with van der Waals surface area (Å²) in [7, 11) is 0. The van der Waals surface area contributed by atoms with Gasteiger partial charge in [-0.2, -0.15) is 0 Å². The minimum atomic E-state index is -1.14. The molecule has 2 aromatic rings. The molecule has 1 unspecified atom stereocenters. The Balaban J connectivity index is 1.40. The number of carbonyl (C=O) groups excluding carboxylic acids is 3. The van der Waals surface area contributed by atoms with Gasteiger partial charge in [-0.1, -0.05) is 37.3 Å². The van der Waals surface area contributed by atoms with Crippen molar-refractivity contribution < 1.29 is 18.8 Å². The summed E-state index contributed by atoms with van der Waals surface area (Å²) >= 11 is 0. The van der Waals surface area contributed by atoms with Crippen molar-refractivity contribution in [2.75, 3.05) is 37.6 Å². The predicted octanol–water partition coefficient (Wildman–Crippen LogP) is 2.33. The number of nitrogens with zero attached hydrogens (tertiary/aromatic N) is 3. The summed E-state index contributed by atoms with van der Waals surface area (Å²) < 4.78 is 13.1. The molecule has 4 amide bonds. The number of hydrogen-bond donors (Lipinski definition) is 1. The van der Waals surface area contributed by atoms with Crippen molar-refractivity contribution in [3.05, 3.63) is 66.0 Å². The Hall–Kier alpha value is -3.42. The molecule has 0 saturated carbocycles. The Kier molecular flexibility index (Phi) is 5.63. The highest BCUT2D eigenvalue weighted by Crippen LogP contribution is 2.32. The third-order valence-corrected chi connectivity index (χ3v) is 6.09. The third kappa shape index (κ3) is 3.85. The monoisotopic (exact) mass is 424 g/mol. The first-order valence-electron chi connectivity index (χ1n) is 10.4. The first-order chi connectivity index (χ1) is 14.9. The SMILES string of the molecule is CCC1(c2ccccc2)NC(=O)N(CC(=O)N2CCN(c3ccc(F)cc3)CC2)C1=O. The van der Waals surface area contributed by atoms with Gasteiger partial charge in [0.05, 0.1) is 0 Å². The van der Waals surface area contributed by atoms with Gasteiger partial charge in [0, 0.05) is 31.9 Å². The van der Waals surface area contributed by atoms with Crippen LogP contribution in [0.15, 0.2) is 54.6 Å². The van der Waals surface area contributed by atoms with Crippen LogP contribution in [0.3, 0.4) is 0 Å². The maximum atomic E-state index is 13.2. The summed E-state index contributed by atoms with van der Waals surface area (Å²) in [5.41, 5.74) is 0.469. The molecule has 1 atom stereocenters. The first-order valence-corrected chi connectivity index (χ1v) is 10.4. The van der Waals surface area contributed by atoms with E-state index in [1.54, 1.807) is 17.0 Å². The normalized spacial score (nSPS) is 21.4. The maximum absolute atomic E-state index is 13.2. The largest absolute Gasteiger partial charge is 0.368 e. The van der Waals surface area contributed by atoms with Gasteiger partial charge in [-0.05, 0) is 36.2 Å². The summed E-state index contributed by atoms with van der Waals surface area (Å²) in [5.74, 6) is -0.948. The fourth-order valence-corrected chi connectivity index (χ4v) is 4.23. The van der Waals surface area contributed by atoms with E-state index >= 15 is 0 Å². The first kappa shape index (κ1) is 20.8. The van der Waals surface area contributed by atoms with Crippen molar-refractivity contribution in [3.8, 4) is 0 Å². The highest BCUT2D eigenvalue weighted by atomic mass is 19.1. The topological polar surface area (TPSA) is 73.0 Å². The van der Waals surface area contributed by atoms with Crippen LogP contribution in [0.5, 0.6) is 0 Å². The standard InChI is InChI=1S/C23H25FN4O3/c1-2-23(17-6-4-3-5-7-17)21(30)28(22(31)25-23)16-20(29)27-14-12-26(13-15-27)19-10-8-18(24)9-11-19/h3-11H,2,12-16H2,1H3,(H,25,31). The molecule has 2 aliphatic rings. The van der Waals surface area contributed by atoms with Gasteiger partial charge >= 0.3 is 6.03 Å². The van der Waals surface area contributed by atoms with Crippen molar-refractivity contribution in [2.45, 2.75) is 18.9 Å². The molecule has 31 heavy (non-hydrogen) atoms. The van der Waals surface area contributed by atoms with Crippen LogP contribution in [0.25, 0.3) is 0 Å². The number of carbonyl (C=O) groups is 3. The van der Waals surface area contributed by atoms with Crippen LogP contribution >= 0.6 is 0 Å². The molecule has 1 N–H and O–H groups in total. The molecule has 2 fully saturated rings. The van der Waals surface area contributed by atoms with E-state index in [0.29, 0.717) is 38.2 Å². The molecule has 162 valence electrons. The zero-order chi connectivity index (χ0) is 22.0. The number of benzene rings is 2. The van der Waals surface area contributed by atoms with Gasteiger partial charge in [0.2, 0.25) is 5.91 Å². The fraction of sp³-hybridized carbons (Fsp3) is 0.348. The van der Waals surface area contributed by atoms with Crippen molar-refractivity contribution >= 4 is 23.5 Å². The zero-order valence-electron chi connectivity index (χ0n) is 17.4. The summed E-state index contributed by atoms with van der Waals surface area (Å²) in [6, 6.07) is 14.8. The van der Waals surface area contributed by atoms with E-state index in [4.69, 9.17) is 0 Å². The molecule has 0 spiro atoms. The smallest absolute Gasteiger partial charge is 0.325 e. The highest BCUT2D eigenvalue weighted by molar-refractivity contribution is 6.09. The molecule has 0 radical (unpaired) electrons. The second-order valence-corrected chi connectivity index (χ2v) is 7.79. The second kappa shape index (κ2) is 8.37. The van der Waals surface area contributed by atoms with Gasteiger partial charge in [0.15, 0.2) is 0 Å². The molecule has 4 rings (SSSR count). The number of piperazine rings is 1. The Morgan fingerprint density at radius 3 is 2.26 bits per heavy atom. The van der Waals surface area contributed by atoms with E-state index < -0.39 is 17.5 Å². The van der Waals surface area contributed by atoms with Crippen LogP contribution in [-0.4, -0.2) is 60.4 Å². The van der Waals surface area contributed by atoms with Crippen molar-refractivity contribution in [1.29, 1.82) is 0 Å². The number of halogens is 1. The molecule has 2 heterocycles. The summed E-state index contributed by atoms with van der Waals surface area (Å²) in [5, 5.41) is 2.80. The number of hydrogen-bond acceptors (Lipinski definition) is 4. The Morgan fingerprint density at radius 1 is 1.00 bits per heavy atom. The van der Waals surface area contributed by atoms with Crippen LogP contribution in [0.1, 0.15) is 18.9 Å². The Labute approximate surface area is 180 Å². The minimum absolute atomic E-state index is 0.262. The number of anilines is 1. The Bertz CT molecular complexity index is 974. The predicted molar refractivity (Wildman–Crippen MR) is 114 cm³/mol. The lowest BCUT2D eigenvalue weighted by Gasteiger charge is -2.36. The summed E-state index contributed by atoms with van der Waals surface area (Å²) in [6.07, 6.45) is 0.391. The van der Waals surface area contributed by atoms with Gasteiger partial charge in [-0.3, -0.25) is 14.5 Å². The van der Waals surface area contributed by atoms with E-state index in [1.165, 1.54) is 12.1 Å². The molecule has 2 aliphatic heterocycles. The second-order valence-electron chi connectivity index (χ2n) is 7.79. The van der Waals surface area contributed by atoms with Gasteiger partial charge < -0.3 is 15.1 Å². The van der Waals surface area contributed by atoms with Crippen LogP contribution in [0.2, 0.25) is 0 Å². The number of rotatable bonds is 5. The van der Waals surface area contributed by atoms with Gasteiger partial charge in [0.25, 0.3) is 5.91 Å². The molecular weight excluding hydrogens is 399 g/mol. The molecule has 0 aliphatic carbocycles. The molecule has 8 heteroatoms. The summed E-state index contributed by atoms with van der Waals surface area (Å²) in [4.78, 5) is 43.4. The molecule has 2 aromatic carbocycles. The zero-order valence-corrected chi connectivity index (χ0v) is 17.4. The molecule has 7 nitrogen and oxygen atoms in total.